The van der Waals surface area contributed by atoms with Gasteiger partial charge in [-0.2, -0.15) is 0 Å². The van der Waals surface area contributed by atoms with Crippen molar-refractivity contribution in [2.24, 2.45) is 0 Å². The lowest BCUT2D eigenvalue weighted by atomic mass is 10.2. The van der Waals surface area contributed by atoms with Crippen molar-refractivity contribution in [1.29, 1.82) is 0 Å². The molecule has 0 radical (unpaired) electrons. The monoisotopic (exact) mass is 265 g/mol. The van der Waals surface area contributed by atoms with Crippen LogP contribution in [0.3, 0.4) is 0 Å². The summed E-state index contributed by atoms with van der Waals surface area (Å²) in [7, 11) is 0. The predicted molar refractivity (Wildman–Crippen MR) is 78.9 cm³/mol. The van der Waals surface area contributed by atoms with Crippen LogP contribution in [0.1, 0.15) is 32.8 Å². The first kappa shape index (κ1) is 15.6. The van der Waals surface area contributed by atoms with Crippen LogP contribution in [0, 0.1) is 5.82 Å². The topological polar surface area (TPSA) is 28.2 Å². The van der Waals surface area contributed by atoms with Crippen molar-refractivity contribution in [3.63, 3.8) is 0 Å². The first-order chi connectivity index (χ1) is 9.08. The second kappa shape index (κ2) is 7.89. The van der Waals surface area contributed by atoms with Gasteiger partial charge < -0.3 is 10.2 Å². The zero-order valence-corrected chi connectivity index (χ0v) is 12.2. The van der Waals surface area contributed by atoms with E-state index >= 15 is 0 Å². The molecular weight excluding hydrogens is 241 g/mol. The van der Waals surface area contributed by atoms with Gasteiger partial charge in [0.15, 0.2) is 0 Å². The highest BCUT2D eigenvalue weighted by Crippen LogP contribution is 2.19. The molecule has 0 atom stereocenters. The van der Waals surface area contributed by atoms with E-state index in [4.69, 9.17) is 0 Å². The molecule has 0 aliphatic rings. The molecule has 0 amide bonds. The van der Waals surface area contributed by atoms with E-state index in [2.05, 4.69) is 35.6 Å². The molecule has 0 unspecified atom stereocenters. The van der Waals surface area contributed by atoms with E-state index in [0.29, 0.717) is 6.54 Å². The van der Waals surface area contributed by atoms with Gasteiger partial charge in [0, 0.05) is 25.2 Å². The molecule has 0 saturated carbocycles. The average Bonchev–Trinajstić information content (AvgIpc) is 2.37. The average molecular weight is 265 g/mol. The molecule has 3 nitrogen and oxygen atoms in total. The lowest BCUT2D eigenvalue weighted by Gasteiger charge is -2.24. The lowest BCUT2D eigenvalue weighted by molar-refractivity contribution is 0.610. The first-order valence-electron chi connectivity index (χ1n) is 6.82. The van der Waals surface area contributed by atoms with E-state index in [1.165, 1.54) is 6.20 Å². The summed E-state index contributed by atoms with van der Waals surface area (Å²) >= 11 is 0. The summed E-state index contributed by atoms with van der Waals surface area (Å²) in [5.41, 5.74) is 1.97. The standard InChI is InChI=1S/C15H24FN3/c1-5-7-17-9-13-8-14(16)10-18-15(13)19(6-2)11-12(3)4/h8,10,17H,3,5-7,9,11H2,1-2,4H3. The highest BCUT2D eigenvalue weighted by Gasteiger charge is 2.12. The summed E-state index contributed by atoms with van der Waals surface area (Å²) in [6.45, 7) is 13.2. The molecule has 19 heavy (non-hydrogen) atoms. The van der Waals surface area contributed by atoms with Gasteiger partial charge in [-0.3, -0.25) is 0 Å². The van der Waals surface area contributed by atoms with Crippen molar-refractivity contribution in [2.45, 2.75) is 33.7 Å². The highest BCUT2D eigenvalue weighted by molar-refractivity contribution is 5.47. The molecule has 0 aliphatic heterocycles. The van der Waals surface area contributed by atoms with Gasteiger partial charge >= 0.3 is 0 Å². The van der Waals surface area contributed by atoms with Crippen molar-refractivity contribution in [1.82, 2.24) is 10.3 Å². The quantitative estimate of drug-likeness (QED) is 0.578. The number of nitrogens with zero attached hydrogens (tertiary/aromatic N) is 2. The fourth-order valence-corrected chi connectivity index (χ4v) is 1.95. The fraction of sp³-hybridized carbons (Fsp3) is 0.533. The Kier molecular flexibility index (Phi) is 6.50. The third-order valence-electron chi connectivity index (χ3n) is 2.79. The van der Waals surface area contributed by atoms with Gasteiger partial charge in [-0.1, -0.05) is 19.1 Å². The Labute approximate surface area is 115 Å². The molecule has 1 aromatic rings. The van der Waals surface area contributed by atoms with Crippen molar-refractivity contribution < 1.29 is 4.39 Å². The minimum atomic E-state index is -0.288. The molecule has 1 N–H and O–H groups in total. The van der Waals surface area contributed by atoms with Crippen LogP contribution < -0.4 is 10.2 Å². The Morgan fingerprint density at radius 3 is 2.79 bits per heavy atom. The predicted octanol–water partition coefficient (Wildman–Crippen LogP) is 3.12. The zero-order chi connectivity index (χ0) is 14.3. The van der Waals surface area contributed by atoms with Crippen LogP contribution in [0.4, 0.5) is 10.2 Å². The van der Waals surface area contributed by atoms with Crippen molar-refractivity contribution in [2.75, 3.05) is 24.5 Å². The van der Waals surface area contributed by atoms with Gasteiger partial charge in [-0.25, -0.2) is 9.37 Å². The Morgan fingerprint density at radius 2 is 2.21 bits per heavy atom. The van der Waals surface area contributed by atoms with Crippen LogP contribution >= 0.6 is 0 Å². The van der Waals surface area contributed by atoms with E-state index in [1.54, 1.807) is 6.07 Å². The molecular formula is C15H24FN3. The fourth-order valence-electron chi connectivity index (χ4n) is 1.95. The van der Waals surface area contributed by atoms with Gasteiger partial charge in [-0.15, -0.1) is 0 Å². The van der Waals surface area contributed by atoms with Gasteiger partial charge in [0.1, 0.15) is 11.6 Å². The molecule has 0 bridgehead atoms. The number of hydrogen-bond donors (Lipinski definition) is 1. The molecule has 1 rings (SSSR count). The largest absolute Gasteiger partial charge is 0.353 e. The van der Waals surface area contributed by atoms with Gasteiger partial charge in [0.25, 0.3) is 0 Å². The third-order valence-corrected chi connectivity index (χ3v) is 2.79. The van der Waals surface area contributed by atoms with Crippen LogP contribution in [0.2, 0.25) is 0 Å². The van der Waals surface area contributed by atoms with Crippen molar-refractivity contribution in [3.8, 4) is 0 Å². The first-order valence-corrected chi connectivity index (χ1v) is 6.82. The second-order valence-electron chi connectivity index (χ2n) is 4.78. The molecule has 0 aromatic carbocycles. The van der Waals surface area contributed by atoms with Crippen LogP contribution in [-0.4, -0.2) is 24.6 Å². The summed E-state index contributed by atoms with van der Waals surface area (Å²) in [4.78, 5) is 6.37. The molecule has 1 aromatic heterocycles. The van der Waals surface area contributed by atoms with Crippen LogP contribution in [0.5, 0.6) is 0 Å². The van der Waals surface area contributed by atoms with E-state index in [-0.39, 0.29) is 5.82 Å². The molecule has 1 heterocycles. The summed E-state index contributed by atoms with van der Waals surface area (Å²) < 4.78 is 13.4. The van der Waals surface area contributed by atoms with Gasteiger partial charge in [-0.05, 0) is 32.9 Å². The highest BCUT2D eigenvalue weighted by atomic mass is 19.1. The molecule has 106 valence electrons. The Hall–Kier alpha value is -1.42. The summed E-state index contributed by atoms with van der Waals surface area (Å²) in [6.07, 6.45) is 2.33. The Balaban J connectivity index is 2.92. The minimum absolute atomic E-state index is 0.288. The smallest absolute Gasteiger partial charge is 0.141 e. The summed E-state index contributed by atoms with van der Waals surface area (Å²) in [6, 6.07) is 1.56. The molecule has 0 saturated heterocycles. The van der Waals surface area contributed by atoms with Crippen LogP contribution in [-0.2, 0) is 6.54 Å². The van der Waals surface area contributed by atoms with Crippen LogP contribution in [0.15, 0.2) is 24.4 Å². The number of nitrogens with one attached hydrogen (secondary N) is 1. The van der Waals surface area contributed by atoms with Gasteiger partial charge in [0.2, 0.25) is 0 Å². The second-order valence-corrected chi connectivity index (χ2v) is 4.78. The van der Waals surface area contributed by atoms with Crippen LogP contribution in [0.25, 0.3) is 0 Å². The maximum Gasteiger partial charge on any atom is 0.141 e. The van der Waals surface area contributed by atoms with E-state index in [1.807, 2.05) is 6.92 Å². The van der Waals surface area contributed by atoms with E-state index in [0.717, 1.165) is 43.0 Å². The maximum atomic E-state index is 13.4. The number of anilines is 1. The molecule has 0 spiro atoms. The maximum absolute atomic E-state index is 13.4. The molecule has 0 fully saturated rings. The SMILES string of the molecule is C=C(C)CN(CC)c1ncc(F)cc1CNCCC. The Morgan fingerprint density at radius 1 is 1.47 bits per heavy atom. The van der Waals surface area contributed by atoms with Crippen molar-refractivity contribution in [3.05, 3.63) is 35.8 Å². The van der Waals surface area contributed by atoms with E-state index in [9.17, 15) is 4.39 Å². The van der Waals surface area contributed by atoms with Crippen molar-refractivity contribution >= 4 is 5.82 Å². The number of halogens is 1. The zero-order valence-electron chi connectivity index (χ0n) is 12.2. The minimum Gasteiger partial charge on any atom is -0.353 e. The number of rotatable bonds is 8. The summed E-state index contributed by atoms with van der Waals surface area (Å²) in [5.74, 6) is 0.555. The number of hydrogen-bond acceptors (Lipinski definition) is 3. The lowest BCUT2D eigenvalue weighted by Crippen LogP contribution is -2.28. The van der Waals surface area contributed by atoms with E-state index < -0.39 is 0 Å². The normalized spacial score (nSPS) is 10.5. The Bertz CT molecular complexity index is 418. The summed E-state index contributed by atoms with van der Waals surface area (Å²) in [5, 5.41) is 3.30. The van der Waals surface area contributed by atoms with Gasteiger partial charge in [0.05, 0.1) is 6.20 Å². The number of likely N-dealkylation sites (N-methyl/N-ethyl adjacent to an activating group) is 1. The third kappa shape index (κ3) is 4.99. The molecule has 4 heteroatoms. The number of pyridine rings is 1. The molecule has 0 aliphatic carbocycles. The number of aromatic nitrogens is 1.